The summed E-state index contributed by atoms with van der Waals surface area (Å²) in [6, 6.07) is 4.76. The lowest BCUT2D eigenvalue weighted by Gasteiger charge is -1.98. The zero-order valence-corrected chi connectivity index (χ0v) is 7.28. The van der Waals surface area contributed by atoms with Gasteiger partial charge in [-0.25, -0.2) is 14.1 Å². The van der Waals surface area contributed by atoms with Crippen molar-refractivity contribution in [1.82, 2.24) is 0 Å². The van der Waals surface area contributed by atoms with Crippen LogP contribution in [0.5, 0.6) is 0 Å². The molecule has 0 bridgehead atoms. The molecule has 0 spiro atoms. The Bertz CT molecular complexity index is 423. The second-order valence-electron chi connectivity index (χ2n) is 2.35. The summed E-state index contributed by atoms with van der Waals surface area (Å²) in [5.41, 5.74) is -0.118. The van der Waals surface area contributed by atoms with Gasteiger partial charge in [-0.2, -0.15) is 0 Å². The van der Waals surface area contributed by atoms with Gasteiger partial charge in [0.25, 0.3) is 5.69 Å². The zero-order valence-electron chi connectivity index (χ0n) is 6.47. The second kappa shape index (κ2) is 3.11. The average Bonchev–Trinajstić information content (AvgIpc) is 2.03. The minimum atomic E-state index is -3.27. The number of nitrogens with zero attached hydrogens (tertiary/aromatic N) is 1. The Morgan fingerprint density at radius 1 is 1.38 bits per heavy atom. The highest BCUT2D eigenvalue weighted by Crippen LogP contribution is 2.14. The van der Waals surface area contributed by atoms with Crippen LogP contribution in [0.2, 0.25) is 0 Å². The minimum absolute atomic E-state index is 0.0816. The predicted octanol–water partition coefficient (Wildman–Crippen LogP) is 0.874. The number of nitro benzene ring substituents is 1. The van der Waals surface area contributed by atoms with Crippen LogP contribution >= 0.6 is 0 Å². The number of rotatable bonds is 2. The third kappa shape index (κ3) is 2.23. The minimum Gasteiger partial charge on any atom is -0.258 e. The fraction of sp³-hybridized carbons (Fsp3) is 0. The number of hydrogen-bond acceptors (Lipinski definition) is 4. The maximum atomic E-state index is 10.9. The molecule has 0 amide bonds. The average molecular weight is 201 g/mol. The lowest BCUT2D eigenvalue weighted by Crippen LogP contribution is -2.09. The van der Waals surface area contributed by atoms with E-state index in [1.165, 1.54) is 12.1 Å². The molecule has 0 aliphatic rings. The van der Waals surface area contributed by atoms with Gasteiger partial charge >= 0.3 is 0 Å². The van der Waals surface area contributed by atoms with Crippen molar-refractivity contribution in [3.8, 4) is 0 Å². The van der Waals surface area contributed by atoms with Crippen LogP contribution in [0.15, 0.2) is 29.2 Å². The standard InChI is InChI=1S/C6H7N3O3S/c7-13(8,12)6-3-1-5(2-4-6)9(10)11/h1-4H,(H3,7,8,12). The highest BCUT2D eigenvalue weighted by molar-refractivity contribution is 7.90. The lowest BCUT2D eigenvalue weighted by molar-refractivity contribution is -0.384. The molecule has 3 N–H and O–H groups in total. The van der Waals surface area contributed by atoms with E-state index in [2.05, 4.69) is 0 Å². The van der Waals surface area contributed by atoms with E-state index in [1.54, 1.807) is 0 Å². The van der Waals surface area contributed by atoms with Crippen molar-refractivity contribution in [1.29, 1.82) is 4.78 Å². The number of benzene rings is 1. The zero-order chi connectivity index (χ0) is 10.1. The van der Waals surface area contributed by atoms with Crippen LogP contribution in [0.3, 0.4) is 0 Å². The second-order valence-corrected chi connectivity index (χ2v) is 4.02. The summed E-state index contributed by atoms with van der Waals surface area (Å²) in [6.45, 7) is 0. The molecule has 0 aromatic heterocycles. The van der Waals surface area contributed by atoms with Gasteiger partial charge in [0.15, 0.2) is 0 Å². The normalized spacial score (nSPS) is 14.8. The largest absolute Gasteiger partial charge is 0.269 e. The summed E-state index contributed by atoms with van der Waals surface area (Å²) in [7, 11) is -3.27. The molecular weight excluding hydrogens is 194 g/mol. The highest BCUT2D eigenvalue weighted by atomic mass is 32.2. The van der Waals surface area contributed by atoms with E-state index in [-0.39, 0.29) is 10.6 Å². The Morgan fingerprint density at radius 3 is 2.15 bits per heavy atom. The Hall–Kier alpha value is -1.47. The number of non-ortho nitro benzene ring substituents is 1. The van der Waals surface area contributed by atoms with Gasteiger partial charge in [-0.1, -0.05) is 0 Å². The fourth-order valence-corrected chi connectivity index (χ4v) is 1.31. The summed E-state index contributed by atoms with van der Waals surface area (Å²) in [6.07, 6.45) is 0. The van der Waals surface area contributed by atoms with Crippen molar-refractivity contribution in [3.05, 3.63) is 34.4 Å². The topological polar surface area (TPSA) is 110 Å². The molecule has 0 radical (unpaired) electrons. The summed E-state index contributed by atoms with van der Waals surface area (Å²) in [4.78, 5) is 9.72. The third-order valence-electron chi connectivity index (χ3n) is 1.40. The Labute approximate surface area is 74.6 Å². The van der Waals surface area contributed by atoms with Gasteiger partial charge in [-0.3, -0.25) is 10.1 Å². The van der Waals surface area contributed by atoms with Crippen LogP contribution < -0.4 is 5.14 Å². The number of hydrogen-bond donors (Lipinski definition) is 2. The van der Waals surface area contributed by atoms with Crippen molar-refractivity contribution >= 4 is 15.6 Å². The first-order valence-corrected chi connectivity index (χ1v) is 4.84. The molecule has 6 nitrogen and oxygen atoms in total. The van der Waals surface area contributed by atoms with Gasteiger partial charge in [0.05, 0.1) is 9.82 Å². The smallest absolute Gasteiger partial charge is 0.258 e. The third-order valence-corrected chi connectivity index (χ3v) is 2.37. The quantitative estimate of drug-likeness (QED) is 0.547. The highest BCUT2D eigenvalue weighted by Gasteiger charge is 2.07. The monoisotopic (exact) mass is 201 g/mol. The summed E-state index contributed by atoms with van der Waals surface area (Å²) in [5.74, 6) is 0. The molecule has 1 aromatic carbocycles. The van der Waals surface area contributed by atoms with Crippen molar-refractivity contribution in [2.45, 2.75) is 4.90 Å². The Balaban J connectivity index is 3.16. The molecule has 1 unspecified atom stereocenters. The van der Waals surface area contributed by atoms with Crippen LogP contribution in [0.4, 0.5) is 5.69 Å². The first kappa shape index (κ1) is 9.62. The molecule has 0 aliphatic heterocycles. The van der Waals surface area contributed by atoms with Gasteiger partial charge in [-0.15, -0.1) is 0 Å². The maximum Gasteiger partial charge on any atom is 0.269 e. The molecule has 0 saturated heterocycles. The maximum absolute atomic E-state index is 10.9. The van der Waals surface area contributed by atoms with E-state index < -0.39 is 14.8 Å². The summed E-state index contributed by atoms with van der Waals surface area (Å²) in [5, 5.41) is 15.2. The van der Waals surface area contributed by atoms with E-state index in [0.717, 1.165) is 12.1 Å². The summed E-state index contributed by atoms with van der Waals surface area (Å²) < 4.78 is 17.9. The van der Waals surface area contributed by atoms with Crippen LogP contribution in [0, 0.1) is 14.9 Å². The molecular formula is C6H7N3O3S. The van der Waals surface area contributed by atoms with Crippen molar-refractivity contribution in [2.24, 2.45) is 5.14 Å². The van der Waals surface area contributed by atoms with Gasteiger partial charge in [0.2, 0.25) is 0 Å². The molecule has 1 atom stereocenters. The van der Waals surface area contributed by atoms with Gasteiger partial charge in [-0.05, 0) is 12.1 Å². The van der Waals surface area contributed by atoms with Crippen molar-refractivity contribution in [2.75, 3.05) is 0 Å². The van der Waals surface area contributed by atoms with Crippen molar-refractivity contribution in [3.63, 3.8) is 0 Å². The predicted molar refractivity (Wildman–Crippen MR) is 46.4 cm³/mol. The van der Waals surface area contributed by atoms with Crippen LogP contribution in [0.1, 0.15) is 0 Å². The Kier molecular flexibility index (Phi) is 2.30. The molecule has 0 heterocycles. The number of nitrogens with two attached hydrogens (primary N) is 1. The number of nitro groups is 1. The van der Waals surface area contributed by atoms with Crippen LogP contribution in [-0.4, -0.2) is 9.13 Å². The molecule has 70 valence electrons. The van der Waals surface area contributed by atoms with Crippen LogP contribution in [-0.2, 0) is 9.92 Å². The molecule has 1 rings (SSSR count). The molecule has 0 aliphatic carbocycles. The first-order chi connectivity index (χ1) is 5.91. The Morgan fingerprint density at radius 2 is 1.85 bits per heavy atom. The van der Waals surface area contributed by atoms with E-state index in [4.69, 9.17) is 9.92 Å². The first-order valence-electron chi connectivity index (χ1n) is 3.22. The van der Waals surface area contributed by atoms with E-state index in [1.807, 2.05) is 0 Å². The molecule has 0 fully saturated rings. The SMILES string of the molecule is N=S(N)(=O)c1ccc([N+](=O)[O-])cc1. The van der Waals surface area contributed by atoms with Crippen molar-refractivity contribution < 1.29 is 9.13 Å². The molecule has 0 saturated carbocycles. The van der Waals surface area contributed by atoms with Crippen LogP contribution in [0.25, 0.3) is 0 Å². The van der Waals surface area contributed by atoms with E-state index >= 15 is 0 Å². The van der Waals surface area contributed by atoms with Gasteiger partial charge in [0.1, 0.15) is 9.92 Å². The molecule has 1 aromatic rings. The molecule has 13 heavy (non-hydrogen) atoms. The van der Waals surface area contributed by atoms with E-state index in [0.29, 0.717) is 0 Å². The summed E-state index contributed by atoms with van der Waals surface area (Å²) >= 11 is 0. The fourth-order valence-electron chi connectivity index (χ4n) is 0.770. The van der Waals surface area contributed by atoms with Gasteiger partial charge < -0.3 is 0 Å². The van der Waals surface area contributed by atoms with Gasteiger partial charge in [0, 0.05) is 12.1 Å². The lowest BCUT2D eigenvalue weighted by atomic mass is 10.3. The number of nitrogens with one attached hydrogen (secondary N) is 1. The molecule has 7 heteroatoms. The van der Waals surface area contributed by atoms with E-state index in [9.17, 15) is 14.3 Å².